The Morgan fingerprint density at radius 3 is 2.08 bits per heavy atom. The van der Waals surface area contributed by atoms with Gasteiger partial charge in [-0.25, -0.2) is 0 Å². The molecule has 0 heterocycles. The molecule has 0 aliphatic heterocycles. The Hall–Kier alpha value is -1.59. The van der Waals surface area contributed by atoms with Gasteiger partial charge in [-0.15, -0.1) is 0 Å². The lowest BCUT2D eigenvalue weighted by molar-refractivity contribution is -0.0789. The molecule has 4 nitrogen and oxygen atoms in total. The van der Waals surface area contributed by atoms with Crippen LogP contribution in [-0.4, -0.2) is 19.1 Å². The molecule has 2 aromatic carbocycles. The van der Waals surface area contributed by atoms with Crippen molar-refractivity contribution < 1.29 is 17.7 Å². The van der Waals surface area contributed by atoms with Gasteiger partial charge in [-0.3, -0.25) is 4.55 Å². The quantitative estimate of drug-likeness (QED) is 0.832. The number of benzene rings is 2. The molecule has 4 fully saturated rings. The Morgan fingerprint density at radius 1 is 0.840 bits per heavy atom. The molecule has 1 N–H and O–H groups in total. The number of rotatable bonds is 3. The van der Waals surface area contributed by atoms with Gasteiger partial charge in [0.2, 0.25) is 0 Å². The third-order valence-corrected chi connectivity index (χ3v) is 7.34. The van der Waals surface area contributed by atoms with Crippen molar-refractivity contribution in [2.75, 3.05) is 0 Å². The minimum Gasteiger partial charge on any atom is -0.490 e. The van der Waals surface area contributed by atoms with Crippen molar-refractivity contribution in [3.05, 3.63) is 36.4 Å². The summed E-state index contributed by atoms with van der Waals surface area (Å²) in [5.41, 5.74) is 0. The van der Waals surface area contributed by atoms with Crippen molar-refractivity contribution in [1.82, 2.24) is 0 Å². The molecule has 0 saturated heterocycles. The van der Waals surface area contributed by atoms with Gasteiger partial charge >= 0.3 is 0 Å². The first-order chi connectivity index (χ1) is 12.0. The molecule has 132 valence electrons. The standard InChI is InChI=1S/C20H22O4S/c21-25(22,23)19-4-2-14-10-18(3-1-15(14)11-19)24-20-16-6-12-5-13(8-16)9-17(20)7-12/h1-4,10-13,16-17,20H,5-9H2,(H,21,22,23). The first-order valence-electron chi connectivity index (χ1n) is 9.14. The molecular formula is C20H22O4S. The lowest BCUT2D eigenvalue weighted by atomic mass is 9.55. The van der Waals surface area contributed by atoms with Crippen LogP contribution in [0.2, 0.25) is 0 Å². The first-order valence-corrected chi connectivity index (χ1v) is 10.6. The number of fused-ring (bicyclic) bond motifs is 1. The van der Waals surface area contributed by atoms with E-state index in [2.05, 4.69) is 0 Å². The van der Waals surface area contributed by atoms with Gasteiger partial charge in [-0.05, 0) is 90.8 Å². The highest BCUT2D eigenvalue weighted by molar-refractivity contribution is 7.85. The molecule has 0 unspecified atom stereocenters. The van der Waals surface area contributed by atoms with Crippen LogP contribution in [0.25, 0.3) is 10.8 Å². The van der Waals surface area contributed by atoms with Crippen molar-refractivity contribution >= 4 is 20.9 Å². The van der Waals surface area contributed by atoms with Crippen molar-refractivity contribution in [2.24, 2.45) is 23.7 Å². The summed E-state index contributed by atoms with van der Waals surface area (Å²) >= 11 is 0. The van der Waals surface area contributed by atoms with Crippen LogP contribution in [0.5, 0.6) is 5.75 Å². The predicted octanol–water partition coefficient (Wildman–Crippen LogP) is 4.29. The maximum Gasteiger partial charge on any atom is 0.294 e. The van der Waals surface area contributed by atoms with Crippen LogP contribution in [-0.2, 0) is 10.1 Å². The lowest BCUT2D eigenvalue weighted by Gasteiger charge is -2.53. The van der Waals surface area contributed by atoms with Crippen molar-refractivity contribution in [1.29, 1.82) is 0 Å². The van der Waals surface area contributed by atoms with E-state index in [4.69, 9.17) is 4.74 Å². The Morgan fingerprint density at radius 2 is 1.44 bits per heavy atom. The summed E-state index contributed by atoms with van der Waals surface area (Å²) in [5, 5.41) is 1.71. The van der Waals surface area contributed by atoms with Gasteiger partial charge in [-0.2, -0.15) is 8.42 Å². The first kappa shape index (κ1) is 15.6. The number of ether oxygens (including phenoxy) is 1. The Bertz CT molecular complexity index is 906. The highest BCUT2D eigenvalue weighted by Gasteiger charge is 2.49. The van der Waals surface area contributed by atoms with Gasteiger partial charge < -0.3 is 4.74 Å². The van der Waals surface area contributed by atoms with E-state index >= 15 is 0 Å². The molecule has 4 bridgehead atoms. The van der Waals surface area contributed by atoms with Gasteiger partial charge in [0.15, 0.2) is 0 Å². The predicted molar refractivity (Wildman–Crippen MR) is 95.2 cm³/mol. The number of hydrogen-bond acceptors (Lipinski definition) is 3. The van der Waals surface area contributed by atoms with E-state index in [9.17, 15) is 13.0 Å². The van der Waals surface area contributed by atoms with E-state index in [-0.39, 0.29) is 4.90 Å². The summed E-state index contributed by atoms with van der Waals surface area (Å²) < 4.78 is 38.2. The molecule has 4 saturated carbocycles. The molecular weight excluding hydrogens is 336 g/mol. The molecule has 6 rings (SSSR count). The average molecular weight is 358 g/mol. The Kier molecular flexibility index (Phi) is 3.41. The summed E-state index contributed by atoms with van der Waals surface area (Å²) in [6, 6.07) is 10.4. The maximum absolute atomic E-state index is 11.3. The largest absolute Gasteiger partial charge is 0.490 e. The summed E-state index contributed by atoms with van der Waals surface area (Å²) in [4.78, 5) is -0.0743. The van der Waals surface area contributed by atoms with Crippen molar-refractivity contribution in [3.63, 3.8) is 0 Å². The highest BCUT2D eigenvalue weighted by Crippen LogP contribution is 2.54. The van der Waals surface area contributed by atoms with Crippen molar-refractivity contribution in [2.45, 2.75) is 43.1 Å². The SMILES string of the molecule is O=S(=O)(O)c1ccc2cc(OC3C4CC5CC(C4)CC3C5)ccc2c1. The molecule has 4 aliphatic rings. The summed E-state index contributed by atoms with van der Waals surface area (Å²) in [6.45, 7) is 0. The molecule has 2 aromatic rings. The van der Waals surface area contributed by atoms with Crippen LogP contribution in [0.3, 0.4) is 0 Å². The Balaban J connectivity index is 1.42. The van der Waals surface area contributed by atoms with Crippen LogP contribution in [0.4, 0.5) is 0 Å². The van der Waals surface area contributed by atoms with E-state index in [1.165, 1.54) is 44.2 Å². The molecule has 0 atom stereocenters. The lowest BCUT2D eigenvalue weighted by Crippen LogP contribution is -2.50. The zero-order valence-electron chi connectivity index (χ0n) is 14.0. The smallest absolute Gasteiger partial charge is 0.294 e. The molecule has 0 amide bonds. The van der Waals surface area contributed by atoms with Gasteiger partial charge in [0.05, 0.1) is 4.90 Å². The van der Waals surface area contributed by atoms with Crippen LogP contribution >= 0.6 is 0 Å². The highest BCUT2D eigenvalue weighted by atomic mass is 32.2. The zero-order chi connectivity index (χ0) is 17.2. The fraction of sp³-hybridized carbons (Fsp3) is 0.500. The fourth-order valence-corrected chi connectivity index (χ4v) is 6.18. The normalized spacial score (nSPS) is 33.7. The van der Waals surface area contributed by atoms with Crippen LogP contribution in [0.15, 0.2) is 41.3 Å². The van der Waals surface area contributed by atoms with Crippen LogP contribution < -0.4 is 4.74 Å². The second-order valence-electron chi connectivity index (χ2n) is 8.16. The summed E-state index contributed by atoms with van der Waals surface area (Å²) in [7, 11) is -4.17. The second kappa shape index (κ2) is 5.45. The zero-order valence-corrected chi connectivity index (χ0v) is 14.8. The molecule has 5 heteroatoms. The summed E-state index contributed by atoms with van der Waals surface area (Å²) in [6.07, 6.45) is 7.06. The minimum absolute atomic E-state index is 0.0743. The topological polar surface area (TPSA) is 63.6 Å². The van der Waals surface area contributed by atoms with Crippen molar-refractivity contribution in [3.8, 4) is 5.75 Å². The van der Waals surface area contributed by atoms with Crippen LogP contribution in [0.1, 0.15) is 32.1 Å². The van der Waals surface area contributed by atoms with E-state index in [1.807, 2.05) is 18.2 Å². The second-order valence-corrected chi connectivity index (χ2v) is 9.58. The van der Waals surface area contributed by atoms with Gasteiger partial charge in [0.1, 0.15) is 11.9 Å². The third kappa shape index (κ3) is 2.74. The molecule has 0 aromatic heterocycles. The minimum atomic E-state index is -4.17. The average Bonchev–Trinajstić information content (AvgIpc) is 2.56. The van der Waals surface area contributed by atoms with Gasteiger partial charge in [-0.1, -0.05) is 12.1 Å². The molecule has 0 spiro atoms. The van der Waals surface area contributed by atoms with Gasteiger partial charge in [0.25, 0.3) is 10.1 Å². The molecule has 25 heavy (non-hydrogen) atoms. The molecule has 0 radical (unpaired) electrons. The number of hydrogen-bond donors (Lipinski definition) is 1. The molecule has 4 aliphatic carbocycles. The fourth-order valence-electron chi connectivity index (χ4n) is 5.66. The summed E-state index contributed by atoms with van der Waals surface area (Å²) in [5.74, 6) is 4.13. The Labute approximate surface area is 147 Å². The monoisotopic (exact) mass is 358 g/mol. The van der Waals surface area contributed by atoms with E-state index in [0.29, 0.717) is 17.9 Å². The maximum atomic E-state index is 11.3. The van der Waals surface area contributed by atoms with E-state index in [0.717, 1.165) is 28.4 Å². The van der Waals surface area contributed by atoms with E-state index < -0.39 is 10.1 Å². The van der Waals surface area contributed by atoms with Gasteiger partial charge in [0, 0.05) is 0 Å². The van der Waals surface area contributed by atoms with Crippen LogP contribution in [0, 0.1) is 23.7 Å². The third-order valence-electron chi connectivity index (χ3n) is 6.49. The van der Waals surface area contributed by atoms with E-state index in [1.54, 1.807) is 6.07 Å².